The molecule has 1 aromatic rings. The topological polar surface area (TPSA) is 104 Å². The molecule has 0 radical (unpaired) electrons. The third-order valence-electron chi connectivity index (χ3n) is 7.12. The highest BCUT2D eigenvalue weighted by molar-refractivity contribution is 5.84. The van der Waals surface area contributed by atoms with Crippen LogP contribution in [0.4, 0.5) is 4.39 Å². The van der Waals surface area contributed by atoms with Gasteiger partial charge >= 0.3 is 17.8 Å². The van der Waals surface area contributed by atoms with Crippen molar-refractivity contribution in [2.45, 2.75) is 49.1 Å². The number of alkyl halides is 1. The van der Waals surface area contributed by atoms with E-state index >= 15 is 0 Å². The highest BCUT2D eigenvalue weighted by atomic mass is 19.2. The Balaban J connectivity index is 1.56. The molecule has 3 heterocycles. The molecule has 1 aliphatic carbocycles. The Kier molecular flexibility index (Phi) is 5.24. The number of hydrogen-bond acceptors (Lipinski definition) is 9. The van der Waals surface area contributed by atoms with E-state index in [-0.39, 0.29) is 6.79 Å². The van der Waals surface area contributed by atoms with Crippen molar-refractivity contribution in [3.05, 3.63) is 35.1 Å². The van der Waals surface area contributed by atoms with Crippen LogP contribution in [0.15, 0.2) is 24.0 Å². The maximum absolute atomic E-state index is 14.7. The van der Waals surface area contributed by atoms with Crippen LogP contribution in [0.3, 0.4) is 0 Å². The third-order valence-corrected chi connectivity index (χ3v) is 7.12. The largest absolute Gasteiger partial charge is 0.497 e. The van der Waals surface area contributed by atoms with E-state index in [4.69, 9.17) is 18.9 Å². The smallest absolute Gasteiger partial charge is 0.373 e. The molecule has 3 aliphatic heterocycles. The molecule has 4 atom stereocenters. The first-order valence-electron chi connectivity index (χ1n) is 10.9. The van der Waals surface area contributed by atoms with Gasteiger partial charge in [-0.3, -0.25) is 9.69 Å². The van der Waals surface area contributed by atoms with Crippen LogP contribution >= 0.6 is 0 Å². The molecule has 1 fully saturated rings. The van der Waals surface area contributed by atoms with E-state index in [1.807, 2.05) is 18.2 Å². The molecule has 0 amide bonds. The Bertz CT molecular complexity index is 1020. The molecule has 0 bridgehead atoms. The summed E-state index contributed by atoms with van der Waals surface area (Å²) >= 11 is 0. The number of ether oxygens (including phenoxy) is 5. The lowest BCUT2D eigenvalue weighted by molar-refractivity contribution is -0.198. The SMILES string of the molecule is COC(=O)CC(O)(F)C(=O)OC1C(OC)=C[C@]23CCCN2CCc2cc4c(cc2[C@H]13)OCO4. The number of hydrogen-bond donors (Lipinski definition) is 1. The molecule has 4 aliphatic rings. The van der Waals surface area contributed by atoms with E-state index in [0.717, 1.165) is 50.6 Å². The van der Waals surface area contributed by atoms with Gasteiger partial charge in [-0.15, -0.1) is 0 Å². The summed E-state index contributed by atoms with van der Waals surface area (Å²) in [5, 5.41) is 10.0. The zero-order valence-corrected chi connectivity index (χ0v) is 18.5. The molecule has 5 rings (SSSR count). The number of benzene rings is 1. The predicted molar refractivity (Wildman–Crippen MR) is 110 cm³/mol. The van der Waals surface area contributed by atoms with Gasteiger partial charge in [0.1, 0.15) is 12.2 Å². The second kappa shape index (κ2) is 7.88. The standard InChI is InChI=1S/C23H26FNO8/c1-29-17-10-22-5-3-6-25(22)7-4-13-8-15-16(32-12-31-15)9-14(13)19(22)20(17)33-21(27)23(24,28)11-18(26)30-2/h8-10,19-20,28H,3-7,11-12H2,1-2H3/t19-,20?,22+,23?/m1/s1. The van der Waals surface area contributed by atoms with Crippen LogP contribution in [0.25, 0.3) is 0 Å². The summed E-state index contributed by atoms with van der Waals surface area (Å²) in [5.41, 5.74) is 1.43. The Labute approximate surface area is 190 Å². The average molecular weight is 463 g/mol. The number of fused-ring (bicyclic) bond motifs is 3. The first kappa shape index (κ1) is 22.0. The number of esters is 2. The number of rotatable bonds is 5. The summed E-state index contributed by atoms with van der Waals surface area (Å²) in [7, 11) is 2.50. The highest BCUT2D eigenvalue weighted by Gasteiger charge is 2.59. The minimum absolute atomic E-state index is 0.128. The van der Waals surface area contributed by atoms with Gasteiger partial charge in [0, 0.05) is 6.54 Å². The van der Waals surface area contributed by atoms with Gasteiger partial charge in [0.15, 0.2) is 17.6 Å². The monoisotopic (exact) mass is 463 g/mol. The molecule has 9 nitrogen and oxygen atoms in total. The summed E-state index contributed by atoms with van der Waals surface area (Å²) in [5.74, 6) is -4.95. The van der Waals surface area contributed by atoms with Gasteiger partial charge < -0.3 is 28.8 Å². The molecular weight excluding hydrogens is 437 g/mol. The zero-order valence-electron chi connectivity index (χ0n) is 18.5. The molecule has 1 spiro atoms. The Morgan fingerprint density at radius 2 is 2.03 bits per heavy atom. The number of aliphatic hydroxyl groups is 1. The first-order chi connectivity index (χ1) is 15.8. The van der Waals surface area contributed by atoms with E-state index in [2.05, 4.69) is 9.64 Å². The minimum Gasteiger partial charge on any atom is -0.497 e. The average Bonchev–Trinajstić information content (AvgIpc) is 3.47. The molecule has 1 aromatic carbocycles. The van der Waals surface area contributed by atoms with Crippen molar-refractivity contribution in [3.63, 3.8) is 0 Å². The van der Waals surface area contributed by atoms with Gasteiger partial charge in [0.25, 0.3) is 0 Å². The van der Waals surface area contributed by atoms with Crippen LogP contribution in [0.1, 0.15) is 36.3 Å². The summed E-state index contributed by atoms with van der Waals surface area (Å²) in [4.78, 5) is 26.5. The quantitative estimate of drug-likeness (QED) is 0.652. The van der Waals surface area contributed by atoms with Crippen LogP contribution in [0.5, 0.6) is 11.5 Å². The molecular formula is C23H26FNO8. The molecule has 2 unspecified atom stereocenters. The maximum Gasteiger partial charge on any atom is 0.373 e. The molecule has 178 valence electrons. The van der Waals surface area contributed by atoms with Crippen molar-refractivity contribution in [2.24, 2.45) is 0 Å². The van der Waals surface area contributed by atoms with Gasteiger partial charge in [0.05, 0.1) is 25.7 Å². The van der Waals surface area contributed by atoms with Crippen molar-refractivity contribution in [2.75, 3.05) is 34.1 Å². The molecule has 0 aromatic heterocycles. The molecule has 10 heteroatoms. The molecule has 0 saturated carbocycles. The second-order valence-corrected chi connectivity index (χ2v) is 8.80. The number of nitrogens with zero attached hydrogens (tertiary/aromatic N) is 1. The zero-order chi connectivity index (χ0) is 23.4. The highest BCUT2D eigenvalue weighted by Crippen LogP contribution is 2.55. The summed E-state index contributed by atoms with van der Waals surface area (Å²) in [6.07, 6.45) is 2.29. The number of halogens is 1. The van der Waals surface area contributed by atoms with Crippen LogP contribution in [-0.4, -0.2) is 73.5 Å². The number of methoxy groups -OCH3 is 2. The van der Waals surface area contributed by atoms with Crippen molar-refractivity contribution in [1.82, 2.24) is 4.90 Å². The Morgan fingerprint density at radius 1 is 1.27 bits per heavy atom. The minimum atomic E-state index is -3.53. The lowest BCUT2D eigenvalue weighted by atomic mass is 9.77. The van der Waals surface area contributed by atoms with Gasteiger partial charge in [-0.2, -0.15) is 4.39 Å². The Hall–Kier alpha value is -2.85. The fourth-order valence-electron chi connectivity index (χ4n) is 5.64. The number of carbonyl (C=O) groups is 2. The van der Waals surface area contributed by atoms with E-state index in [0.29, 0.717) is 17.3 Å². The van der Waals surface area contributed by atoms with E-state index in [9.17, 15) is 19.1 Å². The van der Waals surface area contributed by atoms with Gasteiger partial charge in [-0.25, -0.2) is 4.79 Å². The van der Waals surface area contributed by atoms with Crippen LogP contribution < -0.4 is 9.47 Å². The van der Waals surface area contributed by atoms with Gasteiger partial charge in [0.2, 0.25) is 6.79 Å². The predicted octanol–water partition coefficient (Wildman–Crippen LogP) is 1.57. The van der Waals surface area contributed by atoms with Gasteiger partial charge in [-0.1, -0.05) is 0 Å². The lowest BCUT2D eigenvalue weighted by Gasteiger charge is -2.39. The van der Waals surface area contributed by atoms with Crippen LogP contribution in [0.2, 0.25) is 0 Å². The fourth-order valence-corrected chi connectivity index (χ4v) is 5.64. The van der Waals surface area contributed by atoms with Crippen molar-refractivity contribution in [1.29, 1.82) is 0 Å². The summed E-state index contributed by atoms with van der Waals surface area (Å²) in [6, 6.07) is 3.84. The van der Waals surface area contributed by atoms with E-state index in [1.54, 1.807) is 0 Å². The van der Waals surface area contributed by atoms with Crippen molar-refractivity contribution >= 4 is 11.9 Å². The summed E-state index contributed by atoms with van der Waals surface area (Å²) in [6.45, 7) is 1.77. The normalized spacial score (nSPS) is 29.2. The summed E-state index contributed by atoms with van der Waals surface area (Å²) < 4.78 is 41.4. The molecule has 1 N–H and O–H groups in total. The molecule has 33 heavy (non-hydrogen) atoms. The Morgan fingerprint density at radius 3 is 2.76 bits per heavy atom. The van der Waals surface area contributed by atoms with E-state index in [1.165, 1.54) is 7.11 Å². The first-order valence-corrected chi connectivity index (χ1v) is 10.9. The lowest BCUT2D eigenvalue weighted by Crippen LogP contribution is -2.48. The van der Waals surface area contributed by atoms with Crippen molar-refractivity contribution in [3.8, 4) is 11.5 Å². The second-order valence-electron chi connectivity index (χ2n) is 8.80. The fraction of sp³-hybridized carbons (Fsp3) is 0.565. The molecule has 1 saturated heterocycles. The van der Waals surface area contributed by atoms with E-state index < -0.39 is 41.8 Å². The van der Waals surface area contributed by atoms with Crippen molar-refractivity contribution < 1.29 is 42.8 Å². The van der Waals surface area contributed by atoms with Crippen LogP contribution in [0, 0.1) is 0 Å². The maximum atomic E-state index is 14.7. The van der Waals surface area contributed by atoms with Gasteiger partial charge in [-0.05, 0) is 55.1 Å². The number of carbonyl (C=O) groups excluding carboxylic acids is 2. The third kappa shape index (κ3) is 3.43. The van der Waals surface area contributed by atoms with Crippen LogP contribution in [-0.2, 0) is 30.2 Å².